The number of benzene rings is 3. The van der Waals surface area contributed by atoms with E-state index in [0.717, 1.165) is 22.3 Å². The van der Waals surface area contributed by atoms with Crippen molar-refractivity contribution in [2.24, 2.45) is 0 Å². The van der Waals surface area contributed by atoms with E-state index in [2.05, 4.69) is 6.07 Å². The Bertz CT molecular complexity index is 1230. The molecule has 1 aliphatic heterocycles. The van der Waals surface area contributed by atoms with E-state index >= 15 is 0 Å². The van der Waals surface area contributed by atoms with Gasteiger partial charge in [-0.1, -0.05) is 48.0 Å². The van der Waals surface area contributed by atoms with Crippen LogP contribution < -0.4 is 0 Å². The van der Waals surface area contributed by atoms with Gasteiger partial charge < -0.3 is 10.0 Å². The van der Waals surface area contributed by atoms with Gasteiger partial charge in [0, 0.05) is 10.6 Å². The lowest BCUT2D eigenvalue weighted by Crippen LogP contribution is -2.41. The van der Waals surface area contributed by atoms with Crippen LogP contribution in [0.3, 0.4) is 0 Å². The van der Waals surface area contributed by atoms with Gasteiger partial charge in [0.25, 0.3) is 5.91 Å². The second-order valence-corrected chi connectivity index (χ2v) is 8.31. The molecule has 1 N–H and O–H groups in total. The zero-order valence-corrected chi connectivity index (χ0v) is 18.2. The number of carboxylic acids is 1. The number of carbonyl (C=O) groups excluding carboxylic acids is 1. The number of likely N-dealkylation sites (tertiary alicyclic amines) is 1. The molecule has 1 amide bonds. The summed E-state index contributed by atoms with van der Waals surface area (Å²) in [4.78, 5) is 26.8. The van der Waals surface area contributed by atoms with Crippen LogP contribution in [0.15, 0.2) is 66.7 Å². The Morgan fingerprint density at radius 1 is 1.06 bits per heavy atom. The van der Waals surface area contributed by atoms with E-state index in [0.29, 0.717) is 29.0 Å². The molecular formula is C26H21ClN2O3. The Balaban J connectivity index is 1.68. The van der Waals surface area contributed by atoms with E-state index in [1.54, 1.807) is 24.3 Å². The third kappa shape index (κ3) is 3.98. The van der Waals surface area contributed by atoms with Gasteiger partial charge in [-0.15, -0.1) is 0 Å². The zero-order chi connectivity index (χ0) is 22.8. The highest BCUT2D eigenvalue weighted by Crippen LogP contribution is 2.40. The second-order valence-electron chi connectivity index (χ2n) is 7.90. The average Bonchev–Trinajstić information content (AvgIpc) is 3.24. The maximum absolute atomic E-state index is 13.4. The van der Waals surface area contributed by atoms with Crippen molar-refractivity contribution in [1.82, 2.24) is 4.90 Å². The van der Waals surface area contributed by atoms with Crippen molar-refractivity contribution in [3.05, 3.63) is 94.0 Å². The SMILES string of the molecule is Cc1ccc(C#N)cc1-c1ccc(C(=O)N2[C@@H](c3ccccc3Cl)CC[C@H]2C(=O)O)cc1. The van der Waals surface area contributed by atoms with Crippen LogP contribution in [-0.4, -0.2) is 27.9 Å². The Kier molecular flexibility index (Phi) is 5.98. The lowest BCUT2D eigenvalue weighted by molar-refractivity contribution is -0.141. The Morgan fingerprint density at radius 3 is 2.44 bits per heavy atom. The molecule has 32 heavy (non-hydrogen) atoms. The second kappa shape index (κ2) is 8.86. The number of aliphatic carboxylic acids is 1. The standard InChI is InChI=1S/C26H21ClN2O3/c1-16-6-7-17(15-28)14-21(16)18-8-10-19(11-9-18)25(30)29-23(12-13-24(29)26(31)32)20-4-2-3-5-22(20)27/h2-11,14,23-24H,12-13H2,1H3,(H,31,32)/t23-,24+/m1/s1. The summed E-state index contributed by atoms with van der Waals surface area (Å²) in [6, 6.07) is 20.6. The maximum atomic E-state index is 13.4. The number of carbonyl (C=O) groups is 2. The fourth-order valence-corrected chi connectivity index (χ4v) is 4.59. The van der Waals surface area contributed by atoms with Crippen molar-refractivity contribution < 1.29 is 14.7 Å². The topological polar surface area (TPSA) is 81.4 Å². The molecule has 0 aromatic heterocycles. The number of nitriles is 1. The molecule has 3 aromatic carbocycles. The number of hydrogen-bond donors (Lipinski definition) is 1. The molecule has 0 aliphatic carbocycles. The van der Waals surface area contributed by atoms with Crippen molar-refractivity contribution in [3.8, 4) is 17.2 Å². The van der Waals surface area contributed by atoms with Crippen LogP contribution in [0, 0.1) is 18.3 Å². The van der Waals surface area contributed by atoms with E-state index in [-0.39, 0.29) is 5.91 Å². The molecule has 0 saturated carbocycles. The van der Waals surface area contributed by atoms with Gasteiger partial charge in [0.2, 0.25) is 0 Å². The third-order valence-corrected chi connectivity index (χ3v) is 6.32. The molecular weight excluding hydrogens is 424 g/mol. The smallest absolute Gasteiger partial charge is 0.326 e. The van der Waals surface area contributed by atoms with Crippen LogP contribution >= 0.6 is 11.6 Å². The molecule has 1 aliphatic rings. The molecule has 4 rings (SSSR count). The molecule has 1 heterocycles. The number of hydrogen-bond acceptors (Lipinski definition) is 3. The first-order valence-electron chi connectivity index (χ1n) is 10.3. The summed E-state index contributed by atoms with van der Waals surface area (Å²) in [5, 5.41) is 19.4. The minimum Gasteiger partial charge on any atom is -0.480 e. The van der Waals surface area contributed by atoms with E-state index in [1.807, 2.05) is 49.4 Å². The van der Waals surface area contributed by atoms with Gasteiger partial charge in [-0.3, -0.25) is 4.79 Å². The average molecular weight is 445 g/mol. The summed E-state index contributed by atoms with van der Waals surface area (Å²) in [6.07, 6.45) is 0.903. The van der Waals surface area contributed by atoms with Crippen molar-refractivity contribution in [2.45, 2.75) is 31.8 Å². The monoisotopic (exact) mass is 444 g/mol. The molecule has 6 heteroatoms. The molecule has 0 unspecified atom stereocenters. The normalized spacial score (nSPS) is 17.7. The number of amides is 1. The fraction of sp³-hybridized carbons (Fsp3) is 0.192. The highest BCUT2D eigenvalue weighted by molar-refractivity contribution is 6.31. The molecule has 1 fully saturated rings. The summed E-state index contributed by atoms with van der Waals surface area (Å²) in [6.45, 7) is 1.96. The van der Waals surface area contributed by atoms with Crippen molar-refractivity contribution in [3.63, 3.8) is 0 Å². The highest BCUT2D eigenvalue weighted by Gasteiger charge is 2.42. The van der Waals surface area contributed by atoms with E-state index < -0.39 is 18.1 Å². The summed E-state index contributed by atoms with van der Waals surface area (Å²) >= 11 is 6.37. The van der Waals surface area contributed by atoms with Gasteiger partial charge in [-0.2, -0.15) is 5.26 Å². The minimum absolute atomic E-state index is 0.339. The van der Waals surface area contributed by atoms with Crippen LogP contribution in [-0.2, 0) is 4.79 Å². The van der Waals surface area contributed by atoms with Gasteiger partial charge in [0.1, 0.15) is 6.04 Å². The van der Waals surface area contributed by atoms with E-state index in [1.165, 1.54) is 4.90 Å². The van der Waals surface area contributed by atoms with Crippen LogP contribution in [0.25, 0.3) is 11.1 Å². The number of halogens is 1. The first-order valence-corrected chi connectivity index (χ1v) is 10.7. The lowest BCUT2D eigenvalue weighted by Gasteiger charge is -2.29. The Morgan fingerprint density at radius 2 is 1.78 bits per heavy atom. The number of nitrogens with zero attached hydrogens (tertiary/aromatic N) is 2. The summed E-state index contributed by atoms with van der Waals surface area (Å²) in [5.74, 6) is -1.36. The van der Waals surface area contributed by atoms with Gasteiger partial charge in [0.15, 0.2) is 0 Å². The van der Waals surface area contributed by atoms with Crippen molar-refractivity contribution in [1.29, 1.82) is 5.26 Å². The minimum atomic E-state index is -1.02. The van der Waals surface area contributed by atoms with Crippen LogP contribution in [0.1, 0.15) is 45.9 Å². The zero-order valence-electron chi connectivity index (χ0n) is 17.5. The Hall–Kier alpha value is -3.62. The molecule has 0 radical (unpaired) electrons. The quantitative estimate of drug-likeness (QED) is 0.566. The first-order chi connectivity index (χ1) is 15.4. The van der Waals surface area contributed by atoms with Gasteiger partial charge in [0.05, 0.1) is 17.7 Å². The van der Waals surface area contributed by atoms with Gasteiger partial charge in [-0.05, 0) is 72.4 Å². The number of carboxylic acid groups (broad SMARTS) is 1. The van der Waals surface area contributed by atoms with E-state index in [4.69, 9.17) is 11.6 Å². The van der Waals surface area contributed by atoms with Gasteiger partial charge >= 0.3 is 5.97 Å². The van der Waals surface area contributed by atoms with Crippen molar-refractivity contribution >= 4 is 23.5 Å². The number of rotatable bonds is 4. The van der Waals surface area contributed by atoms with Crippen molar-refractivity contribution in [2.75, 3.05) is 0 Å². The highest BCUT2D eigenvalue weighted by atomic mass is 35.5. The summed E-state index contributed by atoms with van der Waals surface area (Å²) in [7, 11) is 0. The largest absolute Gasteiger partial charge is 0.480 e. The lowest BCUT2D eigenvalue weighted by atomic mass is 9.97. The molecule has 1 saturated heterocycles. The predicted molar refractivity (Wildman–Crippen MR) is 122 cm³/mol. The Labute approximate surface area is 191 Å². The molecule has 160 valence electrons. The summed E-state index contributed by atoms with van der Waals surface area (Å²) < 4.78 is 0. The third-order valence-electron chi connectivity index (χ3n) is 5.98. The summed E-state index contributed by atoms with van der Waals surface area (Å²) in [5.41, 5.74) is 4.55. The predicted octanol–water partition coefficient (Wildman–Crippen LogP) is 5.62. The molecule has 3 aromatic rings. The molecule has 0 spiro atoms. The molecule has 0 bridgehead atoms. The van der Waals surface area contributed by atoms with Crippen LogP contribution in [0.2, 0.25) is 5.02 Å². The molecule has 2 atom stereocenters. The number of aryl methyl sites for hydroxylation is 1. The maximum Gasteiger partial charge on any atom is 0.326 e. The first kappa shape index (κ1) is 21.6. The fourth-order valence-electron chi connectivity index (χ4n) is 4.33. The van der Waals surface area contributed by atoms with Crippen LogP contribution in [0.4, 0.5) is 0 Å². The van der Waals surface area contributed by atoms with Crippen LogP contribution in [0.5, 0.6) is 0 Å². The van der Waals surface area contributed by atoms with E-state index in [9.17, 15) is 20.0 Å². The van der Waals surface area contributed by atoms with Gasteiger partial charge in [-0.25, -0.2) is 4.79 Å². The molecule has 5 nitrogen and oxygen atoms in total.